The number of nitrogens with one attached hydrogen (secondary N) is 1. The number of aryl methyl sites for hydroxylation is 2. The minimum Gasteiger partial charge on any atom is -0.355 e. The molecule has 6 aromatic carbocycles. The highest BCUT2D eigenvalue weighted by molar-refractivity contribution is 6.73. The number of benzene rings is 6. The lowest BCUT2D eigenvalue weighted by Crippen LogP contribution is -2.44. The van der Waals surface area contributed by atoms with E-state index in [-0.39, 0.29) is 32.5 Å². The van der Waals surface area contributed by atoms with E-state index >= 15 is 0 Å². The molecular formula is C66H80BN2. The van der Waals surface area contributed by atoms with Gasteiger partial charge in [0.25, 0.3) is 0 Å². The number of hydrogen-bond donors (Lipinski definition) is 1. The van der Waals surface area contributed by atoms with Gasteiger partial charge in [-0.05, 0) is 200 Å². The Morgan fingerprint density at radius 1 is 0.478 bits per heavy atom. The van der Waals surface area contributed by atoms with Crippen LogP contribution in [0.25, 0.3) is 22.3 Å². The number of rotatable bonds is 9. The van der Waals surface area contributed by atoms with Gasteiger partial charge in [-0.2, -0.15) is 0 Å². The lowest BCUT2D eigenvalue weighted by molar-refractivity contribution is 0.331. The van der Waals surface area contributed by atoms with Gasteiger partial charge in [0, 0.05) is 34.0 Å². The molecule has 3 aliphatic carbocycles. The molecule has 6 aromatic rings. The van der Waals surface area contributed by atoms with Crippen molar-refractivity contribution in [3.63, 3.8) is 0 Å². The number of fused-ring (bicyclic) bond motifs is 5. The molecule has 2 nitrogen and oxygen atoms in total. The predicted molar refractivity (Wildman–Crippen MR) is 301 cm³/mol. The second kappa shape index (κ2) is 16.8. The minimum absolute atomic E-state index is 0.0505. The standard InChI is InChI=1S/C66H80BN2/c1-15-16-18-21-43-35-48(47-37-50-52(64(9,10)31-29-62(50,5)6)39-56(47)68-46-26-24-45(25-27-46)44-22-19-17-20-23-44)60-59(36-43)69(57-40-53-49(34-42(57)2)61(3,4)28-32-65(53,11)12)58-41-54-51(38-55(58)67-60)63(7,8)30-33-66(54,13)14/h17,19-20,22-27,34-41,68H,15-16,18,21,28-33H2,1-14H3. The van der Waals surface area contributed by atoms with Gasteiger partial charge >= 0.3 is 0 Å². The van der Waals surface area contributed by atoms with E-state index in [2.05, 4.69) is 218 Å². The molecule has 1 heterocycles. The molecule has 0 aromatic heterocycles. The van der Waals surface area contributed by atoms with Crippen LogP contribution in [0, 0.1) is 6.92 Å². The Morgan fingerprint density at radius 3 is 1.54 bits per heavy atom. The molecule has 3 heteroatoms. The molecule has 1 radical (unpaired) electrons. The molecule has 1 N–H and O–H groups in total. The van der Waals surface area contributed by atoms with Gasteiger partial charge in [0.1, 0.15) is 0 Å². The van der Waals surface area contributed by atoms with E-state index in [9.17, 15) is 0 Å². The molecular weight excluding hydrogens is 832 g/mol. The highest BCUT2D eigenvalue weighted by atomic mass is 15.2. The Bertz CT molecular complexity index is 2930. The van der Waals surface area contributed by atoms with Crippen LogP contribution in [0.4, 0.5) is 28.4 Å². The predicted octanol–water partition coefficient (Wildman–Crippen LogP) is 17.3. The fourth-order valence-corrected chi connectivity index (χ4v) is 12.9. The molecule has 0 amide bonds. The Kier molecular flexibility index (Phi) is 11.6. The van der Waals surface area contributed by atoms with Gasteiger partial charge < -0.3 is 10.2 Å². The van der Waals surface area contributed by atoms with E-state index in [0.717, 1.165) is 12.1 Å². The molecule has 0 bridgehead atoms. The zero-order chi connectivity index (χ0) is 49.1. The van der Waals surface area contributed by atoms with Gasteiger partial charge in [0.2, 0.25) is 0 Å². The molecule has 0 fully saturated rings. The van der Waals surface area contributed by atoms with E-state index in [1.165, 1.54) is 158 Å². The van der Waals surface area contributed by atoms with E-state index < -0.39 is 0 Å². The summed E-state index contributed by atoms with van der Waals surface area (Å²) in [6, 6.07) is 40.7. The second-order valence-corrected chi connectivity index (χ2v) is 26.0. The number of anilines is 5. The zero-order valence-corrected chi connectivity index (χ0v) is 44.9. The maximum atomic E-state index is 4.10. The quantitative estimate of drug-likeness (QED) is 0.115. The van der Waals surface area contributed by atoms with Crippen molar-refractivity contribution < 1.29 is 0 Å². The highest BCUT2D eigenvalue weighted by Gasteiger charge is 2.43. The van der Waals surface area contributed by atoms with Crippen molar-refractivity contribution in [3.8, 4) is 22.3 Å². The second-order valence-electron chi connectivity index (χ2n) is 26.0. The summed E-state index contributed by atoms with van der Waals surface area (Å²) in [5.74, 6) is 0. The molecule has 0 atom stereocenters. The molecule has 1 aliphatic heterocycles. The van der Waals surface area contributed by atoms with Crippen LogP contribution in [0.5, 0.6) is 0 Å². The van der Waals surface area contributed by atoms with E-state index in [1.54, 1.807) is 0 Å². The summed E-state index contributed by atoms with van der Waals surface area (Å²) in [6.45, 7) is 34.4. The van der Waals surface area contributed by atoms with Gasteiger partial charge in [0.15, 0.2) is 7.28 Å². The number of hydrogen-bond acceptors (Lipinski definition) is 2. The molecule has 357 valence electrons. The number of nitrogens with zero attached hydrogens (tertiary/aromatic N) is 1. The third kappa shape index (κ3) is 8.40. The Morgan fingerprint density at radius 2 is 0.971 bits per heavy atom. The first-order valence-electron chi connectivity index (χ1n) is 26.8. The van der Waals surface area contributed by atoms with Crippen LogP contribution in [0.2, 0.25) is 0 Å². The summed E-state index contributed by atoms with van der Waals surface area (Å²) in [5, 5.41) is 4.10. The Hall–Kier alpha value is -5.02. The van der Waals surface area contributed by atoms with Gasteiger partial charge in [-0.25, -0.2) is 0 Å². The first-order chi connectivity index (χ1) is 32.5. The third-order valence-corrected chi connectivity index (χ3v) is 18.0. The van der Waals surface area contributed by atoms with Gasteiger partial charge in [-0.1, -0.05) is 169 Å². The highest BCUT2D eigenvalue weighted by Crippen LogP contribution is 2.54. The molecule has 69 heavy (non-hydrogen) atoms. The Balaban J connectivity index is 1.26. The number of unbranched alkanes of at least 4 members (excludes halogenated alkanes) is 2. The molecule has 0 unspecified atom stereocenters. The van der Waals surface area contributed by atoms with Crippen LogP contribution in [-0.4, -0.2) is 7.28 Å². The monoisotopic (exact) mass is 912 g/mol. The van der Waals surface area contributed by atoms with Crippen LogP contribution in [-0.2, 0) is 38.9 Å². The van der Waals surface area contributed by atoms with E-state index in [4.69, 9.17) is 0 Å². The van der Waals surface area contributed by atoms with Crippen LogP contribution < -0.4 is 21.1 Å². The van der Waals surface area contributed by atoms with Crippen LogP contribution in [0.3, 0.4) is 0 Å². The molecule has 0 saturated heterocycles. The summed E-state index contributed by atoms with van der Waals surface area (Å²) in [6.07, 6.45) is 11.8. The van der Waals surface area contributed by atoms with Crippen LogP contribution in [0.1, 0.15) is 192 Å². The van der Waals surface area contributed by atoms with Gasteiger partial charge in [-0.15, -0.1) is 0 Å². The lowest BCUT2D eigenvalue weighted by atomic mass is 9.54. The van der Waals surface area contributed by atoms with Crippen LogP contribution in [0.15, 0.2) is 103 Å². The van der Waals surface area contributed by atoms with E-state index in [0.29, 0.717) is 0 Å². The van der Waals surface area contributed by atoms with Crippen molar-refractivity contribution in [3.05, 3.63) is 148 Å². The maximum absolute atomic E-state index is 4.10. The topological polar surface area (TPSA) is 15.3 Å². The van der Waals surface area contributed by atoms with Crippen molar-refractivity contribution in [1.82, 2.24) is 0 Å². The molecule has 0 spiro atoms. The summed E-state index contributed by atoms with van der Waals surface area (Å²) in [5.41, 5.74) is 26.3. The smallest absolute Gasteiger partial charge is 0.197 e. The average Bonchev–Trinajstić information content (AvgIpc) is 3.30. The maximum Gasteiger partial charge on any atom is 0.197 e. The van der Waals surface area contributed by atoms with Crippen molar-refractivity contribution in [1.29, 1.82) is 0 Å². The largest absolute Gasteiger partial charge is 0.355 e. The van der Waals surface area contributed by atoms with Crippen molar-refractivity contribution in [2.24, 2.45) is 0 Å². The average molecular weight is 912 g/mol. The third-order valence-electron chi connectivity index (χ3n) is 18.0. The van der Waals surface area contributed by atoms with E-state index in [1.807, 2.05) is 0 Å². The van der Waals surface area contributed by atoms with Crippen molar-refractivity contribution in [2.45, 2.75) is 194 Å². The molecule has 10 rings (SSSR count). The van der Waals surface area contributed by atoms with Crippen molar-refractivity contribution >= 4 is 46.6 Å². The Labute approximate surface area is 418 Å². The molecule has 0 saturated carbocycles. The lowest BCUT2D eigenvalue weighted by Gasteiger charge is -2.46. The van der Waals surface area contributed by atoms with Crippen molar-refractivity contribution in [2.75, 3.05) is 10.2 Å². The first-order valence-corrected chi connectivity index (χ1v) is 26.8. The summed E-state index contributed by atoms with van der Waals surface area (Å²) < 4.78 is 0. The SMILES string of the molecule is CCCCCc1cc(-c2cc3c(cc2Nc2ccc(-c4ccccc4)cc2)C(C)(C)CCC3(C)C)c2c(c1)N(c1cc3c(cc1C)C(C)(C)CCC3(C)C)c1cc3c(cc1[B]2)C(C)(C)CCC3(C)C. The fraction of sp³-hybridized carbons (Fsp3) is 0.455. The summed E-state index contributed by atoms with van der Waals surface area (Å²) >= 11 is 0. The zero-order valence-electron chi connectivity index (χ0n) is 44.9. The normalized spacial score (nSPS) is 19.5. The van der Waals surface area contributed by atoms with Gasteiger partial charge in [0.05, 0.1) is 0 Å². The molecule has 4 aliphatic rings. The first kappa shape index (κ1) is 47.7. The summed E-state index contributed by atoms with van der Waals surface area (Å²) in [7, 11) is 2.60. The minimum atomic E-state index is 0.0505. The fourth-order valence-electron chi connectivity index (χ4n) is 12.9. The van der Waals surface area contributed by atoms with Crippen LogP contribution >= 0.6 is 0 Å². The van der Waals surface area contributed by atoms with Gasteiger partial charge in [-0.3, -0.25) is 0 Å². The summed E-state index contributed by atoms with van der Waals surface area (Å²) in [4.78, 5) is 2.74.